The predicted molar refractivity (Wildman–Crippen MR) is 160 cm³/mol. The maximum absolute atomic E-state index is 14.0. The van der Waals surface area contributed by atoms with E-state index >= 15 is 0 Å². The van der Waals surface area contributed by atoms with Crippen LogP contribution in [-0.2, 0) is 11.0 Å². The van der Waals surface area contributed by atoms with Crippen LogP contribution in [0.4, 0.5) is 24.5 Å². The van der Waals surface area contributed by atoms with E-state index in [1.165, 1.54) is 19.2 Å². The molecule has 2 aromatic carbocycles. The van der Waals surface area contributed by atoms with E-state index in [2.05, 4.69) is 15.6 Å². The SMILES string of the molecule is CCC(=O)Nc1ccc(N2C(=S)NC(c3ccccn3)C2c2cc(C)n(-c3ccccc3C(F)(F)F)c2C)cc1OC. The van der Waals surface area contributed by atoms with Crippen LogP contribution >= 0.6 is 12.2 Å². The van der Waals surface area contributed by atoms with Gasteiger partial charge >= 0.3 is 6.18 Å². The van der Waals surface area contributed by atoms with Gasteiger partial charge in [0.15, 0.2) is 5.11 Å². The van der Waals surface area contributed by atoms with Crippen LogP contribution in [0.5, 0.6) is 5.75 Å². The number of pyridine rings is 1. The molecule has 2 unspecified atom stereocenters. The number of hydrogen-bond acceptors (Lipinski definition) is 4. The van der Waals surface area contributed by atoms with E-state index in [1.54, 1.807) is 42.8 Å². The number of benzene rings is 2. The lowest BCUT2D eigenvalue weighted by atomic mass is 9.96. The number of aromatic nitrogens is 2. The second-order valence-electron chi connectivity index (χ2n) is 9.96. The molecule has 2 aromatic heterocycles. The fourth-order valence-corrected chi connectivity index (χ4v) is 5.83. The molecule has 5 rings (SSSR count). The summed E-state index contributed by atoms with van der Waals surface area (Å²) in [7, 11) is 1.52. The zero-order chi connectivity index (χ0) is 30.2. The molecule has 218 valence electrons. The monoisotopic (exact) mass is 593 g/mol. The molecule has 0 aliphatic carbocycles. The minimum atomic E-state index is -4.52. The van der Waals surface area contributed by atoms with Crippen molar-refractivity contribution >= 4 is 34.6 Å². The van der Waals surface area contributed by atoms with Gasteiger partial charge in [0.25, 0.3) is 0 Å². The van der Waals surface area contributed by atoms with Gasteiger partial charge in [0.2, 0.25) is 5.91 Å². The van der Waals surface area contributed by atoms with Crippen LogP contribution < -0.4 is 20.3 Å². The molecule has 0 spiro atoms. The molecule has 2 N–H and O–H groups in total. The van der Waals surface area contributed by atoms with E-state index in [-0.39, 0.29) is 11.6 Å². The number of anilines is 2. The van der Waals surface area contributed by atoms with Crippen molar-refractivity contribution in [1.82, 2.24) is 14.9 Å². The Morgan fingerprint density at radius 1 is 1.10 bits per heavy atom. The third-order valence-corrected chi connectivity index (χ3v) is 7.71. The number of alkyl halides is 3. The Labute approximate surface area is 247 Å². The minimum Gasteiger partial charge on any atom is -0.494 e. The number of halogens is 3. The average Bonchev–Trinajstić information content (AvgIpc) is 3.47. The second-order valence-corrected chi connectivity index (χ2v) is 10.3. The van der Waals surface area contributed by atoms with Crippen molar-refractivity contribution in [3.05, 3.63) is 101 Å². The van der Waals surface area contributed by atoms with Gasteiger partial charge in [0.1, 0.15) is 5.75 Å². The topological polar surface area (TPSA) is 71.4 Å². The van der Waals surface area contributed by atoms with Gasteiger partial charge in [0.05, 0.1) is 41.8 Å². The highest BCUT2D eigenvalue weighted by Crippen LogP contribution is 2.46. The highest BCUT2D eigenvalue weighted by molar-refractivity contribution is 7.80. The van der Waals surface area contributed by atoms with Gasteiger partial charge in [-0.15, -0.1) is 0 Å². The van der Waals surface area contributed by atoms with Gasteiger partial charge in [-0.25, -0.2) is 0 Å². The zero-order valence-corrected chi connectivity index (χ0v) is 24.3. The van der Waals surface area contributed by atoms with Gasteiger partial charge in [-0.3, -0.25) is 9.78 Å². The van der Waals surface area contributed by atoms with Gasteiger partial charge in [-0.1, -0.05) is 25.1 Å². The second kappa shape index (κ2) is 11.5. The molecule has 1 amide bonds. The largest absolute Gasteiger partial charge is 0.494 e. The number of methoxy groups -OCH3 is 1. The highest BCUT2D eigenvalue weighted by Gasteiger charge is 2.43. The zero-order valence-electron chi connectivity index (χ0n) is 23.5. The van der Waals surface area contributed by atoms with Crippen molar-refractivity contribution in [2.45, 2.75) is 45.5 Å². The van der Waals surface area contributed by atoms with E-state index < -0.39 is 23.8 Å². The third-order valence-electron chi connectivity index (χ3n) is 7.40. The number of amides is 1. The summed E-state index contributed by atoms with van der Waals surface area (Å²) >= 11 is 5.84. The van der Waals surface area contributed by atoms with Crippen LogP contribution in [0.2, 0.25) is 0 Å². The summed E-state index contributed by atoms with van der Waals surface area (Å²) in [4.78, 5) is 18.6. The number of nitrogens with one attached hydrogen (secondary N) is 2. The predicted octanol–water partition coefficient (Wildman–Crippen LogP) is 7.04. The van der Waals surface area contributed by atoms with Crippen LogP contribution in [0.3, 0.4) is 0 Å². The van der Waals surface area contributed by atoms with Crippen molar-refractivity contribution in [3.63, 3.8) is 0 Å². The lowest BCUT2D eigenvalue weighted by Gasteiger charge is -2.29. The number of rotatable bonds is 7. The molecule has 1 aliphatic rings. The molecule has 0 bridgehead atoms. The lowest BCUT2D eigenvalue weighted by Crippen LogP contribution is -2.29. The summed E-state index contributed by atoms with van der Waals surface area (Å²) in [5, 5.41) is 6.64. The molecule has 0 saturated carbocycles. The van der Waals surface area contributed by atoms with Crippen molar-refractivity contribution in [2.75, 3.05) is 17.3 Å². The van der Waals surface area contributed by atoms with E-state index in [9.17, 15) is 18.0 Å². The Bertz CT molecular complexity index is 1640. The first-order chi connectivity index (χ1) is 20.0. The molecule has 1 aliphatic heterocycles. The van der Waals surface area contributed by atoms with Crippen LogP contribution in [0.1, 0.15) is 53.6 Å². The Morgan fingerprint density at radius 2 is 1.83 bits per heavy atom. The van der Waals surface area contributed by atoms with Crippen LogP contribution in [0.15, 0.2) is 72.9 Å². The van der Waals surface area contributed by atoms with E-state index in [0.29, 0.717) is 40.0 Å². The standard InChI is InChI=1S/C31H30F3N5O2S/c1-5-27(40)36-23-14-13-20(17-26(23)41-4)39-29(28(37-30(39)42)24-11-8-9-15-35-24)21-16-18(2)38(19(21)3)25-12-7-6-10-22(25)31(32,33)34/h6-17,28-29H,5H2,1-4H3,(H,36,40)(H,37,42). The van der Waals surface area contributed by atoms with Gasteiger partial charge in [-0.05, 0) is 74.1 Å². The maximum Gasteiger partial charge on any atom is 0.418 e. The molecule has 4 aromatic rings. The van der Waals surface area contributed by atoms with Gasteiger partial charge < -0.3 is 24.8 Å². The van der Waals surface area contributed by atoms with Crippen molar-refractivity contribution in [1.29, 1.82) is 0 Å². The Balaban J connectivity index is 1.68. The van der Waals surface area contributed by atoms with Crippen molar-refractivity contribution in [2.24, 2.45) is 0 Å². The summed E-state index contributed by atoms with van der Waals surface area (Å²) in [5.74, 6) is 0.292. The number of nitrogens with zero attached hydrogens (tertiary/aromatic N) is 3. The summed E-state index contributed by atoms with van der Waals surface area (Å²) in [6.07, 6.45) is -2.52. The first-order valence-electron chi connectivity index (χ1n) is 13.4. The molecule has 2 atom stereocenters. The molecular formula is C31H30F3N5O2S. The van der Waals surface area contributed by atoms with Gasteiger partial charge in [0, 0.05) is 35.8 Å². The number of aryl methyl sites for hydroxylation is 1. The van der Waals surface area contributed by atoms with E-state index in [4.69, 9.17) is 17.0 Å². The molecule has 1 saturated heterocycles. The molecule has 1 fully saturated rings. The van der Waals surface area contributed by atoms with Crippen LogP contribution in [0, 0.1) is 13.8 Å². The minimum absolute atomic E-state index is 0.0541. The fourth-order valence-electron chi connectivity index (χ4n) is 5.49. The Kier molecular flexibility index (Phi) is 7.96. The summed E-state index contributed by atoms with van der Waals surface area (Å²) in [6, 6.07) is 17.5. The summed E-state index contributed by atoms with van der Waals surface area (Å²) in [6.45, 7) is 5.36. The summed E-state index contributed by atoms with van der Waals surface area (Å²) in [5.41, 5.74) is 3.34. The quantitative estimate of drug-likeness (QED) is 0.224. The van der Waals surface area contributed by atoms with Gasteiger partial charge in [-0.2, -0.15) is 13.2 Å². The smallest absolute Gasteiger partial charge is 0.418 e. The Morgan fingerprint density at radius 3 is 2.50 bits per heavy atom. The number of ether oxygens (including phenoxy) is 1. The first kappa shape index (κ1) is 29.1. The number of para-hydroxylation sites is 1. The van der Waals surface area contributed by atoms with Crippen LogP contribution in [-0.4, -0.2) is 27.7 Å². The molecule has 42 heavy (non-hydrogen) atoms. The Hall–Kier alpha value is -4.38. The number of carbonyl (C=O) groups is 1. The number of hydrogen-bond donors (Lipinski definition) is 2. The number of carbonyl (C=O) groups excluding carboxylic acids is 1. The fraction of sp³-hybridized carbons (Fsp3) is 0.258. The first-order valence-corrected chi connectivity index (χ1v) is 13.8. The molecule has 11 heteroatoms. The average molecular weight is 594 g/mol. The maximum atomic E-state index is 14.0. The molecular weight excluding hydrogens is 563 g/mol. The number of thiocarbonyl (C=S) groups is 1. The normalized spacial score (nSPS) is 16.8. The molecule has 3 heterocycles. The lowest BCUT2D eigenvalue weighted by molar-refractivity contribution is -0.137. The molecule has 7 nitrogen and oxygen atoms in total. The van der Waals surface area contributed by atoms with E-state index in [0.717, 1.165) is 17.3 Å². The van der Waals surface area contributed by atoms with Crippen molar-refractivity contribution < 1.29 is 22.7 Å². The third kappa shape index (κ3) is 5.32. The summed E-state index contributed by atoms with van der Waals surface area (Å²) < 4.78 is 49.3. The highest BCUT2D eigenvalue weighted by atomic mass is 32.1. The van der Waals surface area contributed by atoms with Crippen LogP contribution in [0.25, 0.3) is 5.69 Å². The molecule has 0 radical (unpaired) electrons. The van der Waals surface area contributed by atoms with Crippen molar-refractivity contribution in [3.8, 4) is 11.4 Å². The van der Waals surface area contributed by atoms with E-state index in [1.807, 2.05) is 42.2 Å².